The number of hydrogen-bond acceptors (Lipinski definition) is 4. The van der Waals surface area contributed by atoms with E-state index >= 15 is 0 Å². The molecular formula is C24H16N2O2. The highest BCUT2D eigenvalue weighted by Crippen LogP contribution is 2.18. The first kappa shape index (κ1) is 16.3. The van der Waals surface area contributed by atoms with Gasteiger partial charge in [0.1, 0.15) is 11.0 Å². The van der Waals surface area contributed by atoms with Crippen molar-refractivity contribution in [3.05, 3.63) is 95.7 Å². The summed E-state index contributed by atoms with van der Waals surface area (Å²) in [5.74, 6) is 1.20. The van der Waals surface area contributed by atoms with Crippen LogP contribution in [0.1, 0.15) is 22.9 Å². The Kier molecular flexibility index (Phi) is 4.07. The fourth-order valence-electron chi connectivity index (χ4n) is 2.98. The lowest BCUT2D eigenvalue weighted by Gasteiger charge is -1.95. The van der Waals surface area contributed by atoms with E-state index < -0.39 is 0 Å². The van der Waals surface area contributed by atoms with Crippen LogP contribution in [0.15, 0.2) is 81.6 Å². The van der Waals surface area contributed by atoms with Crippen LogP contribution >= 0.6 is 0 Å². The van der Waals surface area contributed by atoms with E-state index in [-0.39, 0.29) is 0 Å². The Morgan fingerprint density at radius 3 is 1.36 bits per heavy atom. The van der Waals surface area contributed by atoms with Gasteiger partial charge in [0, 0.05) is 12.2 Å². The van der Waals surface area contributed by atoms with E-state index in [0.29, 0.717) is 11.8 Å². The molecule has 28 heavy (non-hydrogen) atoms. The summed E-state index contributed by atoms with van der Waals surface area (Å²) >= 11 is 0. The maximum atomic E-state index is 5.70. The molecule has 0 radical (unpaired) electrons. The van der Waals surface area contributed by atoms with Gasteiger partial charge in [-0.1, -0.05) is 48.5 Å². The van der Waals surface area contributed by atoms with Gasteiger partial charge >= 0.3 is 0 Å². The molecule has 0 aliphatic carbocycles. The molecule has 0 unspecified atom stereocenters. The minimum Gasteiger partial charge on any atom is -0.437 e. The van der Waals surface area contributed by atoms with Gasteiger partial charge in [0.05, 0.1) is 0 Å². The van der Waals surface area contributed by atoms with E-state index in [9.17, 15) is 0 Å². The number of benzene rings is 3. The van der Waals surface area contributed by atoms with Crippen molar-refractivity contribution in [2.45, 2.75) is 0 Å². The molecule has 0 saturated heterocycles. The van der Waals surface area contributed by atoms with E-state index in [4.69, 9.17) is 8.83 Å². The van der Waals surface area contributed by atoms with Crippen LogP contribution in [0.2, 0.25) is 0 Å². The largest absolute Gasteiger partial charge is 0.437 e. The van der Waals surface area contributed by atoms with Gasteiger partial charge in [-0.2, -0.15) is 0 Å². The predicted octanol–water partition coefficient (Wildman–Crippen LogP) is 6.31. The second kappa shape index (κ2) is 7.00. The number of hydrogen-bond donors (Lipinski definition) is 0. The SMILES string of the molecule is C(=Cc1nc2ccccc2o1)c1ccc(C=Cc2nc3ccccc3o2)cc1. The zero-order chi connectivity index (χ0) is 18.8. The van der Waals surface area contributed by atoms with Crippen LogP contribution in [-0.4, -0.2) is 9.97 Å². The molecule has 0 spiro atoms. The zero-order valence-corrected chi connectivity index (χ0v) is 14.9. The Labute approximate surface area is 161 Å². The van der Waals surface area contributed by atoms with Crippen molar-refractivity contribution in [3.63, 3.8) is 0 Å². The Bertz CT molecular complexity index is 1140. The summed E-state index contributed by atoms with van der Waals surface area (Å²) in [6.07, 6.45) is 7.73. The molecule has 0 amide bonds. The third-order valence-electron chi connectivity index (χ3n) is 4.39. The molecule has 4 nitrogen and oxygen atoms in total. The number of aromatic nitrogens is 2. The number of nitrogens with zero attached hydrogens (tertiary/aromatic N) is 2. The van der Waals surface area contributed by atoms with Crippen molar-refractivity contribution >= 4 is 46.5 Å². The van der Waals surface area contributed by atoms with Gasteiger partial charge < -0.3 is 8.83 Å². The van der Waals surface area contributed by atoms with Gasteiger partial charge in [0.25, 0.3) is 0 Å². The smallest absolute Gasteiger partial charge is 0.220 e. The Balaban J connectivity index is 1.30. The summed E-state index contributed by atoms with van der Waals surface area (Å²) in [4.78, 5) is 8.89. The minimum absolute atomic E-state index is 0.598. The molecule has 5 aromatic rings. The summed E-state index contributed by atoms with van der Waals surface area (Å²) in [5.41, 5.74) is 5.45. The number of para-hydroxylation sites is 4. The van der Waals surface area contributed by atoms with Gasteiger partial charge in [0.15, 0.2) is 11.2 Å². The van der Waals surface area contributed by atoms with Crippen molar-refractivity contribution in [1.29, 1.82) is 0 Å². The average Bonchev–Trinajstić information content (AvgIpc) is 3.34. The van der Waals surface area contributed by atoms with Crippen molar-refractivity contribution < 1.29 is 8.83 Å². The Hall–Kier alpha value is -3.92. The molecule has 0 N–H and O–H groups in total. The highest BCUT2D eigenvalue weighted by molar-refractivity contribution is 5.77. The van der Waals surface area contributed by atoms with Crippen LogP contribution < -0.4 is 0 Å². The fraction of sp³-hybridized carbons (Fsp3) is 0. The number of rotatable bonds is 4. The standard InChI is InChI=1S/C24H16N2O2/c1-3-7-21-19(5-1)25-23(27-21)15-13-17-9-11-18(12-10-17)14-16-24-26-20-6-2-4-8-22(20)28-24/h1-16H. The van der Waals surface area contributed by atoms with Crippen LogP contribution in [0.25, 0.3) is 46.5 Å². The van der Waals surface area contributed by atoms with E-state index in [1.807, 2.05) is 97.1 Å². The highest BCUT2D eigenvalue weighted by atomic mass is 16.4. The fourth-order valence-corrected chi connectivity index (χ4v) is 2.98. The molecule has 0 fully saturated rings. The van der Waals surface area contributed by atoms with Crippen molar-refractivity contribution in [3.8, 4) is 0 Å². The van der Waals surface area contributed by atoms with Crippen molar-refractivity contribution in [2.24, 2.45) is 0 Å². The van der Waals surface area contributed by atoms with Crippen LogP contribution in [0.4, 0.5) is 0 Å². The zero-order valence-electron chi connectivity index (χ0n) is 14.9. The van der Waals surface area contributed by atoms with E-state index in [1.165, 1.54) is 0 Å². The van der Waals surface area contributed by atoms with Crippen LogP contribution in [0.5, 0.6) is 0 Å². The molecule has 2 aromatic heterocycles. The van der Waals surface area contributed by atoms with Crippen LogP contribution in [-0.2, 0) is 0 Å². The average molecular weight is 364 g/mol. The third-order valence-corrected chi connectivity index (χ3v) is 4.39. The maximum absolute atomic E-state index is 5.70. The van der Waals surface area contributed by atoms with Crippen molar-refractivity contribution in [2.75, 3.05) is 0 Å². The minimum atomic E-state index is 0.598. The summed E-state index contributed by atoms with van der Waals surface area (Å²) < 4.78 is 11.4. The molecule has 0 saturated carbocycles. The molecule has 2 heterocycles. The quantitative estimate of drug-likeness (QED) is 0.375. The number of fused-ring (bicyclic) bond motifs is 2. The van der Waals surface area contributed by atoms with Gasteiger partial charge in [0.2, 0.25) is 11.8 Å². The normalized spacial score (nSPS) is 12.0. The molecular weight excluding hydrogens is 348 g/mol. The first-order valence-electron chi connectivity index (χ1n) is 9.01. The Morgan fingerprint density at radius 2 is 0.929 bits per heavy atom. The van der Waals surface area contributed by atoms with Crippen molar-refractivity contribution in [1.82, 2.24) is 9.97 Å². The van der Waals surface area contributed by atoms with E-state index in [2.05, 4.69) is 9.97 Å². The summed E-state index contributed by atoms with van der Waals surface area (Å²) in [6.45, 7) is 0. The monoisotopic (exact) mass is 364 g/mol. The molecule has 0 atom stereocenters. The van der Waals surface area contributed by atoms with Gasteiger partial charge in [-0.15, -0.1) is 0 Å². The lowest BCUT2D eigenvalue weighted by atomic mass is 10.1. The lowest BCUT2D eigenvalue weighted by molar-refractivity contribution is 0.589. The third kappa shape index (κ3) is 3.35. The van der Waals surface area contributed by atoms with Crippen LogP contribution in [0.3, 0.4) is 0 Å². The molecule has 5 rings (SSSR count). The molecule has 0 aliphatic heterocycles. The van der Waals surface area contributed by atoms with E-state index in [1.54, 1.807) is 0 Å². The van der Waals surface area contributed by atoms with Crippen LogP contribution in [0, 0.1) is 0 Å². The highest BCUT2D eigenvalue weighted by Gasteiger charge is 2.02. The Morgan fingerprint density at radius 1 is 0.500 bits per heavy atom. The molecule has 3 aromatic carbocycles. The number of oxazole rings is 2. The lowest BCUT2D eigenvalue weighted by Crippen LogP contribution is -1.76. The summed E-state index contributed by atoms with van der Waals surface area (Å²) in [7, 11) is 0. The first-order chi connectivity index (χ1) is 13.8. The first-order valence-corrected chi connectivity index (χ1v) is 9.01. The molecule has 134 valence electrons. The predicted molar refractivity (Wildman–Crippen MR) is 112 cm³/mol. The molecule has 0 bridgehead atoms. The maximum Gasteiger partial charge on any atom is 0.220 e. The summed E-state index contributed by atoms with van der Waals surface area (Å²) in [5, 5.41) is 0. The molecule has 4 heteroatoms. The second-order valence-electron chi connectivity index (χ2n) is 6.37. The van der Waals surface area contributed by atoms with Gasteiger partial charge in [-0.3, -0.25) is 0 Å². The van der Waals surface area contributed by atoms with Gasteiger partial charge in [-0.25, -0.2) is 9.97 Å². The van der Waals surface area contributed by atoms with E-state index in [0.717, 1.165) is 33.3 Å². The topological polar surface area (TPSA) is 52.1 Å². The van der Waals surface area contributed by atoms with Gasteiger partial charge in [-0.05, 0) is 47.5 Å². The molecule has 0 aliphatic rings. The second-order valence-corrected chi connectivity index (χ2v) is 6.37. The summed E-state index contributed by atoms with van der Waals surface area (Å²) in [6, 6.07) is 23.7.